The number of aromatic nitrogens is 5. The van der Waals surface area contributed by atoms with Crippen molar-refractivity contribution in [2.75, 3.05) is 0 Å². The molecule has 7 nitrogen and oxygen atoms in total. The van der Waals surface area contributed by atoms with Crippen LogP contribution in [-0.4, -0.2) is 30.0 Å². The lowest BCUT2D eigenvalue weighted by molar-refractivity contribution is 0.263. The molecule has 0 aromatic carbocycles. The molecule has 2 aromatic rings. The summed E-state index contributed by atoms with van der Waals surface area (Å²) in [6, 6.07) is 0.442. The third kappa shape index (κ3) is 3.28. The van der Waals surface area contributed by atoms with Crippen molar-refractivity contribution in [2.45, 2.75) is 74.4 Å². The molecule has 8 heteroatoms. The maximum Gasteiger partial charge on any atom is 0.229 e. The van der Waals surface area contributed by atoms with Gasteiger partial charge in [-0.15, -0.1) is 10.2 Å². The molecule has 4 rings (SSSR count). The summed E-state index contributed by atoms with van der Waals surface area (Å²) in [5.41, 5.74) is 0. The van der Waals surface area contributed by atoms with Crippen molar-refractivity contribution in [2.24, 2.45) is 0 Å². The van der Waals surface area contributed by atoms with Gasteiger partial charge in [-0.25, -0.2) is 0 Å². The van der Waals surface area contributed by atoms with E-state index in [9.17, 15) is 5.11 Å². The molecule has 1 N–H and O–H groups in total. The Hall–Kier alpha value is -1.41. The summed E-state index contributed by atoms with van der Waals surface area (Å²) >= 11 is 1.56. The monoisotopic (exact) mass is 335 g/mol. The molecule has 0 amide bonds. The fourth-order valence-electron chi connectivity index (χ4n) is 3.18. The van der Waals surface area contributed by atoms with Crippen LogP contribution in [0.3, 0.4) is 0 Å². The second-order valence-electron chi connectivity index (χ2n) is 6.33. The van der Waals surface area contributed by atoms with E-state index in [1.54, 1.807) is 11.8 Å². The van der Waals surface area contributed by atoms with E-state index < -0.39 is 0 Å². The van der Waals surface area contributed by atoms with E-state index in [1.165, 1.54) is 19.3 Å². The summed E-state index contributed by atoms with van der Waals surface area (Å²) in [4.78, 5) is 4.56. The Balaban J connectivity index is 1.41. The van der Waals surface area contributed by atoms with Gasteiger partial charge in [-0.1, -0.05) is 36.2 Å². The largest absolute Gasteiger partial charge is 0.388 e. The SMILES string of the molecule is OCc1nnc(SCc2noc(C3CCCCC3)n2)n1C1CC1. The lowest BCUT2D eigenvalue weighted by atomic mass is 9.89. The molecule has 2 aliphatic carbocycles. The molecule has 0 aliphatic heterocycles. The van der Waals surface area contributed by atoms with Crippen LogP contribution in [0, 0.1) is 0 Å². The molecule has 0 bridgehead atoms. The highest BCUT2D eigenvalue weighted by molar-refractivity contribution is 7.98. The van der Waals surface area contributed by atoms with Crippen molar-refractivity contribution in [1.29, 1.82) is 0 Å². The zero-order valence-corrected chi connectivity index (χ0v) is 13.8. The van der Waals surface area contributed by atoms with Gasteiger partial charge >= 0.3 is 0 Å². The highest BCUT2D eigenvalue weighted by atomic mass is 32.2. The van der Waals surface area contributed by atoms with Gasteiger partial charge in [0.2, 0.25) is 5.89 Å². The summed E-state index contributed by atoms with van der Waals surface area (Å²) in [5.74, 6) is 3.20. The zero-order valence-electron chi connectivity index (χ0n) is 13.0. The Labute approximate surface area is 138 Å². The maximum absolute atomic E-state index is 9.37. The topological polar surface area (TPSA) is 89.9 Å². The number of thioether (sulfide) groups is 1. The summed E-state index contributed by atoms with van der Waals surface area (Å²) in [7, 11) is 0. The van der Waals surface area contributed by atoms with Gasteiger partial charge in [0.15, 0.2) is 16.8 Å². The van der Waals surface area contributed by atoms with Crippen LogP contribution in [0.2, 0.25) is 0 Å². The van der Waals surface area contributed by atoms with E-state index >= 15 is 0 Å². The third-order valence-electron chi connectivity index (χ3n) is 4.56. The molecule has 2 fully saturated rings. The first kappa shape index (κ1) is 15.1. The molecule has 0 unspecified atom stereocenters. The Kier molecular flexibility index (Phi) is 4.35. The number of rotatable bonds is 6. The number of nitrogens with zero attached hydrogens (tertiary/aromatic N) is 5. The molecular weight excluding hydrogens is 314 g/mol. The normalized spacial score (nSPS) is 19.3. The van der Waals surface area contributed by atoms with Gasteiger partial charge in [-0.2, -0.15) is 4.98 Å². The van der Waals surface area contributed by atoms with Crippen LogP contribution in [0.4, 0.5) is 0 Å². The second kappa shape index (κ2) is 6.60. The van der Waals surface area contributed by atoms with E-state index in [1.807, 2.05) is 4.57 Å². The van der Waals surface area contributed by atoms with E-state index in [4.69, 9.17) is 4.52 Å². The smallest absolute Gasteiger partial charge is 0.229 e. The van der Waals surface area contributed by atoms with Crippen molar-refractivity contribution >= 4 is 11.8 Å². The molecule has 0 saturated heterocycles. The van der Waals surface area contributed by atoms with Crippen LogP contribution in [0.1, 0.15) is 74.4 Å². The first-order valence-corrected chi connectivity index (χ1v) is 9.33. The minimum Gasteiger partial charge on any atom is -0.388 e. The van der Waals surface area contributed by atoms with Gasteiger partial charge in [-0.3, -0.25) is 0 Å². The van der Waals surface area contributed by atoms with E-state index in [2.05, 4.69) is 20.3 Å². The van der Waals surface area contributed by atoms with Crippen molar-refractivity contribution < 1.29 is 9.63 Å². The number of hydrogen-bond acceptors (Lipinski definition) is 7. The van der Waals surface area contributed by atoms with E-state index in [0.29, 0.717) is 29.4 Å². The third-order valence-corrected chi connectivity index (χ3v) is 5.50. The van der Waals surface area contributed by atoms with Crippen LogP contribution >= 0.6 is 11.8 Å². The van der Waals surface area contributed by atoms with Gasteiger partial charge in [0.1, 0.15) is 6.61 Å². The molecule has 2 saturated carbocycles. The molecule has 0 radical (unpaired) electrons. The Bertz CT molecular complexity index is 661. The second-order valence-corrected chi connectivity index (χ2v) is 7.27. The van der Waals surface area contributed by atoms with Gasteiger partial charge in [0, 0.05) is 12.0 Å². The van der Waals surface area contributed by atoms with Crippen LogP contribution in [0.5, 0.6) is 0 Å². The minimum absolute atomic E-state index is 0.0713. The van der Waals surface area contributed by atoms with E-state index in [-0.39, 0.29) is 6.61 Å². The van der Waals surface area contributed by atoms with Crippen LogP contribution in [-0.2, 0) is 12.4 Å². The average molecular weight is 335 g/mol. The summed E-state index contributed by atoms with van der Waals surface area (Å²) in [6.45, 7) is -0.0713. The molecule has 23 heavy (non-hydrogen) atoms. The van der Waals surface area contributed by atoms with Crippen LogP contribution in [0.15, 0.2) is 9.68 Å². The van der Waals surface area contributed by atoms with Crippen LogP contribution < -0.4 is 0 Å². The summed E-state index contributed by atoms with van der Waals surface area (Å²) in [6.07, 6.45) is 8.41. The average Bonchev–Trinajstić information content (AvgIpc) is 3.18. The molecule has 2 aromatic heterocycles. The molecule has 2 heterocycles. The lowest BCUT2D eigenvalue weighted by Crippen LogP contribution is -2.05. The highest BCUT2D eigenvalue weighted by Gasteiger charge is 2.29. The quantitative estimate of drug-likeness (QED) is 0.812. The molecular formula is C15H21N5O2S. The number of hydrogen-bond donors (Lipinski definition) is 1. The predicted molar refractivity (Wildman–Crippen MR) is 83.9 cm³/mol. The summed E-state index contributed by atoms with van der Waals surface area (Å²) in [5, 5.41) is 22.6. The minimum atomic E-state index is -0.0713. The van der Waals surface area contributed by atoms with Gasteiger partial charge in [-0.05, 0) is 25.7 Å². The van der Waals surface area contributed by atoms with Crippen molar-refractivity contribution in [1.82, 2.24) is 24.9 Å². The standard InChI is InChI=1S/C15H21N5O2S/c21-8-13-17-18-15(20(13)11-6-7-11)23-9-12-16-14(22-19-12)10-4-2-1-3-5-10/h10-11,21H,1-9H2. The number of aliphatic hydroxyl groups excluding tert-OH is 1. The molecule has 0 atom stereocenters. The molecule has 124 valence electrons. The highest BCUT2D eigenvalue weighted by Crippen LogP contribution is 2.39. The van der Waals surface area contributed by atoms with Gasteiger partial charge in [0.25, 0.3) is 0 Å². The molecule has 2 aliphatic rings. The maximum atomic E-state index is 9.37. The predicted octanol–water partition coefficient (Wildman–Crippen LogP) is 2.83. The van der Waals surface area contributed by atoms with Crippen molar-refractivity contribution in [3.05, 3.63) is 17.5 Å². The Morgan fingerprint density at radius 3 is 2.70 bits per heavy atom. The van der Waals surface area contributed by atoms with Gasteiger partial charge in [0.05, 0.1) is 5.75 Å². The summed E-state index contributed by atoms with van der Waals surface area (Å²) < 4.78 is 7.50. The fourth-order valence-corrected chi connectivity index (χ4v) is 4.05. The zero-order chi connectivity index (χ0) is 15.6. The number of aliphatic hydroxyl groups is 1. The Morgan fingerprint density at radius 1 is 1.13 bits per heavy atom. The van der Waals surface area contributed by atoms with Crippen molar-refractivity contribution in [3.8, 4) is 0 Å². The lowest BCUT2D eigenvalue weighted by Gasteiger charge is -2.17. The fraction of sp³-hybridized carbons (Fsp3) is 0.733. The first-order valence-electron chi connectivity index (χ1n) is 8.35. The Morgan fingerprint density at radius 2 is 1.96 bits per heavy atom. The molecule has 0 spiro atoms. The first-order chi connectivity index (χ1) is 11.3. The van der Waals surface area contributed by atoms with Crippen LogP contribution in [0.25, 0.3) is 0 Å². The van der Waals surface area contributed by atoms with Crippen molar-refractivity contribution in [3.63, 3.8) is 0 Å². The van der Waals surface area contributed by atoms with Gasteiger partial charge < -0.3 is 14.2 Å². The van der Waals surface area contributed by atoms with E-state index in [0.717, 1.165) is 36.7 Å².